The Hall–Kier alpha value is -1.88. The summed E-state index contributed by atoms with van der Waals surface area (Å²) in [6.07, 6.45) is 8.56. The number of amides is 2. The Balaban J connectivity index is 1.32. The minimum atomic E-state index is 0.0422. The van der Waals surface area contributed by atoms with Crippen LogP contribution in [-0.4, -0.2) is 60.4 Å². The van der Waals surface area contributed by atoms with Crippen molar-refractivity contribution in [1.29, 1.82) is 0 Å². The fourth-order valence-electron chi connectivity index (χ4n) is 5.06. The van der Waals surface area contributed by atoms with E-state index in [9.17, 15) is 9.59 Å². The number of unbranched alkanes of at least 4 members (excludes halogenated alkanes) is 1. The Morgan fingerprint density at radius 3 is 2.75 bits per heavy atom. The third kappa shape index (κ3) is 4.57. The Morgan fingerprint density at radius 2 is 1.89 bits per heavy atom. The highest BCUT2D eigenvalue weighted by molar-refractivity contribution is 5.96. The van der Waals surface area contributed by atoms with Crippen molar-refractivity contribution in [2.24, 2.45) is 0 Å². The molecule has 2 amide bonds. The third-order valence-electron chi connectivity index (χ3n) is 6.65. The number of rotatable bonds is 5. The first-order valence-electron chi connectivity index (χ1n) is 11.1. The summed E-state index contributed by atoms with van der Waals surface area (Å²) in [6.45, 7) is 5.10. The maximum atomic E-state index is 12.9. The van der Waals surface area contributed by atoms with Crippen LogP contribution in [0.3, 0.4) is 0 Å². The van der Waals surface area contributed by atoms with Gasteiger partial charge in [-0.05, 0) is 69.8 Å². The van der Waals surface area contributed by atoms with Crippen LogP contribution in [0.1, 0.15) is 73.2 Å². The fraction of sp³-hybridized carbons (Fsp3) is 0.652. The van der Waals surface area contributed by atoms with E-state index in [-0.39, 0.29) is 23.8 Å². The Morgan fingerprint density at radius 1 is 1.07 bits per heavy atom. The molecule has 0 aromatic heterocycles. The van der Waals surface area contributed by atoms with Gasteiger partial charge >= 0.3 is 0 Å². The molecule has 4 rings (SSSR count). The van der Waals surface area contributed by atoms with Gasteiger partial charge < -0.3 is 15.1 Å². The van der Waals surface area contributed by atoms with Crippen LogP contribution in [0.25, 0.3) is 0 Å². The van der Waals surface area contributed by atoms with E-state index in [1.165, 1.54) is 32.4 Å². The van der Waals surface area contributed by atoms with E-state index in [1.54, 1.807) is 0 Å². The van der Waals surface area contributed by atoms with E-state index in [4.69, 9.17) is 0 Å². The highest BCUT2D eigenvalue weighted by atomic mass is 16.2. The van der Waals surface area contributed by atoms with Crippen LogP contribution < -0.4 is 5.32 Å². The van der Waals surface area contributed by atoms with Gasteiger partial charge in [-0.2, -0.15) is 0 Å². The fourth-order valence-corrected chi connectivity index (χ4v) is 5.06. The Kier molecular flexibility index (Phi) is 6.30. The van der Waals surface area contributed by atoms with Gasteiger partial charge in [0.05, 0.1) is 0 Å². The van der Waals surface area contributed by atoms with Crippen LogP contribution in [0.15, 0.2) is 24.3 Å². The zero-order valence-corrected chi connectivity index (χ0v) is 16.9. The molecule has 5 heteroatoms. The number of carbonyl (C=O) groups excluding carboxylic acids is 2. The van der Waals surface area contributed by atoms with Crippen LogP contribution in [0.2, 0.25) is 0 Å². The number of hydrogen-bond donors (Lipinski definition) is 1. The third-order valence-corrected chi connectivity index (χ3v) is 6.65. The van der Waals surface area contributed by atoms with Crippen molar-refractivity contribution < 1.29 is 9.59 Å². The second-order valence-corrected chi connectivity index (χ2v) is 8.68. The Bertz CT molecular complexity index is 699. The van der Waals surface area contributed by atoms with Crippen LogP contribution in [-0.2, 0) is 4.79 Å². The molecule has 28 heavy (non-hydrogen) atoms. The average Bonchev–Trinajstić information content (AvgIpc) is 3.01. The standard InChI is InChI=1S/C23H33N3O2/c27-22(10-4-7-14-25-12-5-1-6-13-25)26-15-11-19-16-18(17-26)20-8-2-3-9-21(20)23(28)24-19/h2-3,8-9,18-19H,1,4-7,10-17H2,(H,24,28). The van der Waals surface area contributed by atoms with Gasteiger partial charge in [-0.1, -0.05) is 24.6 Å². The van der Waals surface area contributed by atoms with Gasteiger partial charge in [0.15, 0.2) is 0 Å². The van der Waals surface area contributed by atoms with Crippen molar-refractivity contribution in [3.63, 3.8) is 0 Å². The molecule has 1 aromatic rings. The average molecular weight is 384 g/mol. The van der Waals surface area contributed by atoms with E-state index in [2.05, 4.69) is 21.2 Å². The quantitative estimate of drug-likeness (QED) is 0.795. The lowest BCUT2D eigenvalue weighted by Gasteiger charge is -2.27. The zero-order valence-electron chi connectivity index (χ0n) is 16.9. The summed E-state index contributed by atoms with van der Waals surface area (Å²) in [6, 6.07) is 8.07. The summed E-state index contributed by atoms with van der Waals surface area (Å²) in [7, 11) is 0. The summed E-state index contributed by atoms with van der Waals surface area (Å²) < 4.78 is 0. The molecule has 0 saturated carbocycles. The van der Waals surface area contributed by atoms with Crippen molar-refractivity contribution in [1.82, 2.24) is 15.1 Å². The van der Waals surface area contributed by atoms with Crippen LogP contribution in [0.5, 0.6) is 0 Å². The van der Waals surface area contributed by atoms with Crippen molar-refractivity contribution >= 4 is 11.8 Å². The minimum Gasteiger partial charge on any atom is -0.349 e. The van der Waals surface area contributed by atoms with E-state index >= 15 is 0 Å². The van der Waals surface area contributed by atoms with Gasteiger partial charge in [-0.25, -0.2) is 0 Å². The molecule has 0 aliphatic carbocycles. The molecular formula is C23H33N3O2. The molecule has 2 saturated heterocycles. The molecule has 2 bridgehead atoms. The molecule has 2 fully saturated rings. The topological polar surface area (TPSA) is 52.7 Å². The molecule has 1 N–H and O–H groups in total. The van der Waals surface area contributed by atoms with Gasteiger partial charge in [-0.15, -0.1) is 0 Å². The van der Waals surface area contributed by atoms with Gasteiger partial charge in [0.1, 0.15) is 0 Å². The summed E-state index contributed by atoms with van der Waals surface area (Å²) >= 11 is 0. The Labute approximate surface area is 168 Å². The lowest BCUT2D eigenvalue weighted by atomic mass is 9.90. The van der Waals surface area contributed by atoms with Gasteiger partial charge in [0.25, 0.3) is 5.91 Å². The number of likely N-dealkylation sites (tertiary alicyclic amines) is 2. The van der Waals surface area contributed by atoms with E-state index in [0.29, 0.717) is 6.42 Å². The maximum Gasteiger partial charge on any atom is 0.251 e. The largest absolute Gasteiger partial charge is 0.349 e. The predicted molar refractivity (Wildman–Crippen MR) is 110 cm³/mol. The van der Waals surface area contributed by atoms with Crippen LogP contribution >= 0.6 is 0 Å². The number of carbonyl (C=O) groups is 2. The normalized spacial score (nSPS) is 25.4. The summed E-state index contributed by atoms with van der Waals surface area (Å²) in [5, 5.41) is 3.17. The number of benzene rings is 1. The molecule has 2 atom stereocenters. The lowest BCUT2D eigenvalue weighted by Crippen LogP contribution is -2.37. The molecule has 3 aliphatic rings. The molecule has 3 heterocycles. The number of nitrogens with one attached hydrogen (secondary N) is 1. The SMILES string of the molecule is O=C1NC2CCN(C(=O)CCCCN3CCCCC3)CC(C2)c2ccccc21. The van der Waals surface area contributed by atoms with Crippen LogP contribution in [0.4, 0.5) is 0 Å². The highest BCUT2D eigenvalue weighted by Gasteiger charge is 2.33. The van der Waals surface area contributed by atoms with Crippen molar-refractivity contribution in [2.45, 2.75) is 63.3 Å². The molecular weight excluding hydrogens is 350 g/mol. The summed E-state index contributed by atoms with van der Waals surface area (Å²) in [5.74, 6) is 0.578. The van der Waals surface area contributed by atoms with Crippen molar-refractivity contribution in [3.05, 3.63) is 35.4 Å². The molecule has 1 aromatic carbocycles. The monoisotopic (exact) mass is 383 g/mol. The molecule has 5 nitrogen and oxygen atoms in total. The predicted octanol–water partition coefficient (Wildman–Crippen LogP) is 3.16. The first-order valence-corrected chi connectivity index (χ1v) is 11.1. The first-order chi connectivity index (χ1) is 13.7. The molecule has 152 valence electrons. The second-order valence-electron chi connectivity index (χ2n) is 8.68. The van der Waals surface area contributed by atoms with Crippen molar-refractivity contribution in [2.75, 3.05) is 32.7 Å². The van der Waals surface area contributed by atoms with Gasteiger partial charge in [0.2, 0.25) is 5.91 Å². The van der Waals surface area contributed by atoms with E-state index in [0.717, 1.165) is 56.4 Å². The van der Waals surface area contributed by atoms with Gasteiger partial charge in [-0.3, -0.25) is 9.59 Å². The lowest BCUT2D eigenvalue weighted by molar-refractivity contribution is -0.131. The molecule has 0 spiro atoms. The molecule has 0 radical (unpaired) electrons. The molecule has 3 aliphatic heterocycles. The smallest absolute Gasteiger partial charge is 0.251 e. The van der Waals surface area contributed by atoms with Crippen molar-refractivity contribution in [3.8, 4) is 0 Å². The summed E-state index contributed by atoms with van der Waals surface area (Å²) in [5.41, 5.74) is 1.89. The zero-order chi connectivity index (χ0) is 19.3. The number of hydrogen-bond acceptors (Lipinski definition) is 3. The van der Waals surface area contributed by atoms with Crippen LogP contribution in [0, 0.1) is 0 Å². The van der Waals surface area contributed by atoms with Gasteiger partial charge in [0, 0.05) is 37.0 Å². The maximum absolute atomic E-state index is 12.9. The minimum absolute atomic E-state index is 0.0422. The van der Waals surface area contributed by atoms with E-state index < -0.39 is 0 Å². The number of piperidine rings is 1. The summed E-state index contributed by atoms with van der Waals surface area (Å²) in [4.78, 5) is 30.0. The number of nitrogens with zero attached hydrogens (tertiary/aromatic N) is 2. The first kappa shape index (κ1) is 19.4. The molecule has 2 unspecified atom stereocenters. The second kappa shape index (κ2) is 9.08. The van der Waals surface area contributed by atoms with E-state index in [1.807, 2.05) is 18.2 Å². The highest BCUT2D eigenvalue weighted by Crippen LogP contribution is 2.32. The number of fused-ring (bicyclic) bond motifs is 4.